The molecule has 1 aromatic carbocycles. The number of aromatic amines is 1. The van der Waals surface area contributed by atoms with Crippen LogP contribution in [0.2, 0.25) is 0 Å². The van der Waals surface area contributed by atoms with Gasteiger partial charge in [0.1, 0.15) is 0 Å². The summed E-state index contributed by atoms with van der Waals surface area (Å²) in [5.41, 5.74) is 7.45. The molecule has 2 heterocycles. The smallest absolute Gasteiger partial charge is 0.240 e. The van der Waals surface area contributed by atoms with Crippen molar-refractivity contribution in [1.82, 2.24) is 29.7 Å². The Morgan fingerprint density at radius 1 is 1.07 bits per heavy atom. The van der Waals surface area contributed by atoms with Crippen LogP contribution in [0, 0.1) is 0 Å². The summed E-state index contributed by atoms with van der Waals surface area (Å²) in [7, 11) is -3.49. The predicted molar refractivity (Wildman–Crippen MR) is 106 cm³/mol. The highest BCUT2D eigenvalue weighted by Gasteiger charge is 2.12. The van der Waals surface area contributed by atoms with Gasteiger partial charge in [0.2, 0.25) is 10.0 Å². The van der Waals surface area contributed by atoms with Crippen LogP contribution in [0.1, 0.15) is 30.7 Å². The van der Waals surface area contributed by atoms with Gasteiger partial charge in [-0.2, -0.15) is 0 Å². The molecule has 0 saturated heterocycles. The quantitative estimate of drug-likeness (QED) is 0.416. The average Bonchev–Trinajstić information content (AvgIpc) is 3.31. The number of aromatic nitrogens is 5. The van der Waals surface area contributed by atoms with Gasteiger partial charge in [-0.05, 0) is 37.8 Å². The second kappa shape index (κ2) is 9.47. The van der Waals surface area contributed by atoms with Gasteiger partial charge in [0.05, 0.1) is 22.8 Å². The van der Waals surface area contributed by atoms with E-state index in [4.69, 9.17) is 5.73 Å². The van der Waals surface area contributed by atoms with E-state index in [-0.39, 0.29) is 11.4 Å². The standard InChI is InChI=1S/C18H25N7O2S/c19-18-20-13-15(22-18)7-3-1-4-8-16-14-25(24-23-16)12-11-21-28(26,27)17-9-5-2-6-10-17/h2,5-6,9-10,13-14,21H,1,3-4,7-8,11-12H2,(H3,19,20,22). The lowest BCUT2D eigenvalue weighted by molar-refractivity contribution is 0.553. The van der Waals surface area contributed by atoms with Gasteiger partial charge in [-0.15, -0.1) is 5.10 Å². The van der Waals surface area contributed by atoms with E-state index in [1.165, 1.54) is 0 Å². The fourth-order valence-corrected chi connectivity index (χ4v) is 3.88. The zero-order valence-electron chi connectivity index (χ0n) is 15.6. The topological polar surface area (TPSA) is 132 Å². The molecular formula is C18H25N7O2S. The SMILES string of the molecule is Nc1nc(CCCCCc2cn(CCNS(=O)(=O)c3ccccc3)nn2)c[nH]1. The molecule has 10 heteroatoms. The van der Waals surface area contributed by atoms with E-state index >= 15 is 0 Å². The van der Waals surface area contributed by atoms with Crippen molar-refractivity contribution in [2.24, 2.45) is 0 Å². The van der Waals surface area contributed by atoms with Crippen molar-refractivity contribution >= 4 is 16.0 Å². The van der Waals surface area contributed by atoms with E-state index in [2.05, 4.69) is 25.0 Å². The molecule has 150 valence electrons. The largest absolute Gasteiger partial charge is 0.369 e. The number of nitrogens with two attached hydrogens (primary N) is 1. The summed E-state index contributed by atoms with van der Waals surface area (Å²) in [5, 5.41) is 8.21. The number of imidazole rings is 1. The van der Waals surface area contributed by atoms with Gasteiger partial charge >= 0.3 is 0 Å². The van der Waals surface area contributed by atoms with Crippen molar-refractivity contribution in [2.45, 2.75) is 43.5 Å². The van der Waals surface area contributed by atoms with Crippen LogP contribution in [0.25, 0.3) is 0 Å². The maximum absolute atomic E-state index is 12.2. The normalized spacial score (nSPS) is 11.7. The van der Waals surface area contributed by atoms with Gasteiger partial charge in [-0.25, -0.2) is 18.1 Å². The molecular weight excluding hydrogens is 378 g/mol. The van der Waals surface area contributed by atoms with Gasteiger partial charge in [0, 0.05) is 18.9 Å². The minimum atomic E-state index is -3.49. The summed E-state index contributed by atoms with van der Waals surface area (Å²) in [4.78, 5) is 7.32. The number of unbranched alkanes of at least 4 members (excludes halogenated alkanes) is 2. The Balaban J connectivity index is 1.35. The molecule has 2 aromatic heterocycles. The molecule has 9 nitrogen and oxygen atoms in total. The molecule has 4 N–H and O–H groups in total. The van der Waals surface area contributed by atoms with Crippen LogP contribution in [0.15, 0.2) is 47.6 Å². The minimum absolute atomic E-state index is 0.256. The van der Waals surface area contributed by atoms with Gasteiger partial charge in [-0.3, -0.25) is 4.68 Å². The average molecular weight is 404 g/mol. The number of sulfonamides is 1. The third-order valence-corrected chi connectivity index (χ3v) is 5.77. The van der Waals surface area contributed by atoms with Crippen molar-refractivity contribution in [3.63, 3.8) is 0 Å². The summed E-state index contributed by atoms with van der Waals surface area (Å²) in [6, 6.07) is 8.31. The van der Waals surface area contributed by atoms with Crippen molar-refractivity contribution in [3.05, 3.63) is 54.1 Å². The number of hydrogen-bond acceptors (Lipinski definition) is 6. The molecule has 0 aliphatic heterocycles. The van der Waals surface area contributed by atoms with E-state index in [1.54, 1.807) is 35.0 Å². The van der Waals surface area contributed by atoms with Crippen molar-refractivity contribution in [2.75, 3.05) is 12.3 Å². The number of H-pyrrole nitrogens is 1. The molecule has 0 amide bonds. The molecule has 0 unspecified atom stereocenters. The fraction of sp³-hybridized carbons (Fsp3) is 0.389. The van der Waals surface area contributed by atoms with E-state index in [9.17, 15) is 8.42 Å². The summed E-state index contributed by atoms with van der Waals surface area (Å²) in [5.74, 6) is 0.456. The maximum atomic E-state index is 12.2. The molecule has 28 heavy (non-hydrogen) atoms. The van der Waals surface area contributed by atoms with Crippen molar-refractivity contribution in [1.29, 1.82) is 0 Å². The summed E-state index contributed by atoms with van der Waals surface area (Å²) < 4.78 is 28.6. The molecule has 0 spiro atoms. The van der Waals surface area contributed by atoms with E-state index in [1.807, 2.05) is 12.4 Å². The fourth-order valence-electron chi connectivity index (χ4n) is 2.83. The first-order valence-corrected chi connectivity index (χ1v) is 10.7. The van der Waals surface area contributed by atoms with Gasteiger partial charge < -0.3 is 10.7 Å². The van der Waals surface area contributed by atoms with E-state index < -0.39 is 10.0 Å². The number of nitrogen functional groups attached to an aromatic ring is 1. The lowest BCUT2D eigenvalue weighted by atomic mass is 10.1. The Hall–Kier alpha value is -2.72. The van der Waals surface area contributed by atoms with Gasteiger partial charge in [0.15, 0.2) is 5.95 Å². The predicted octanol–water partition coefficient (Wildman–Crippen LogP) is 1.52. The molecule has 0 radical (unpaired) electrons. The Morgan fingerprint density at radius 2 is 1.82 bits per heavy atom. The molecule has 3 aromatic rings. The molecule has 0 aliphatic rings. The first-order valence-electron chi connectivity index (χ1n) is 9.26. The first kappa shape index (κ1) is 20.0. The van der Waals surface area contributed by atoms with E-state index in [0.29, 0.717) is 12.5 Å². The van der Waals surface area contributed by atoms with Crippen molar-refractivity contribution < 1.29 is 8.42 Å². The maximum Gasteiger partial charge on any atom is 0.240 e. The summed E-state index contributed by atoms with van der Waals surface area (Å²) in [6.07, 6.45) is 8.58. The number of hydrogen-bond donors (Lipinski definition) is 3. The Morgan fingerprint density at radius 3 is 2.54 bits per heavy atom. The van der Waals surface area contributed by atoms with E-state index in [0.717, 1.165) is 43.5 Å². The monoisotopic (exact) mass is 403 g/mol. The van der Waals surface area contributed by atoms with Crippen LogP contribution in [0.4, 0.5) is 5.95 Å². The van der Waals surface area contributed by atoms with Crippen LogP contribution in [0.3, 0.4) is 0 Å². The van der Waals surface area contributed by atoms with Crippen molar-refractivity contribution in [3.8, 4) is 0 Å². The van der Waals surface area contributed by atoms with Crippen LogP contribution in [-0.4, -0.2) is 39.9 Å². The number of nitrogens with zero attached hydrogens (tertiary/aromatic N) is 4. The third kappa shape index (κ3) is 5.89. The highest BCUT2D eigenvalue weighted by Crippen LogP contribution is 2.09. The molecule has 0 fully saturated rings. The summed E-state index contributed by atoms with van der Waals surface area (Å²) >= 11 is 0. The molecule has 3 rings (SSSR count). The zero-order valence-corrected chi connectivity index (χ0v) is 16.4. The van der Waals surface area contributed by atoms with Crippen LogP contribution < -0.4 is 10.5 Å². The minimum Gasteiger partial charge on any atom is -0.369 e. The Kier molecular flexibility index (Phi) is 6.77. The highest BCUT2D eigenvalue weighted by molar-refractivity contribution is 7.89. The summed E-state index contributed by atoms with van der Waals surface area (Å²) in [6.45, 7) is 0.687. The molecule has 0 saturated carbocycles. The van der Waals surface area contributed by atoms with Crippen LogP contribution in [0.5, 0.6) is 0 Å². The number of nitrogens with one attached hydrogen (secondary N) is 2. The number of anilines is 1. The lowest BCUT2D eigenvalue weighted by Gasteiger charge is -2.06. The molecule has 0 atom stereocenters. The number of aryl methyl sites for hydroxylation is 2. The second-order valence-corrected chi connectivity index (χ2v) is 8.29. The number of rotatable bonds is 11. The van der Waals surface area contributed by atoms with Crippen LogP contribution in [-0.2, 0) is 29.4 Å². The first-order chi connectivity index (χ1) is 13.5. The third-order valence-electron chi connectivity index (χ3n) is 4.29. The second-order valence-electron chi connectivity index (χ2n) is 6.52. The molecule has 0 aliphatic carbocycles. The Labute approximate surface area is 164 Å². The van der Waals surface area contributed by atoms with Gasteiger partial charge in [0.25, 0.3) is 0 Å². The van der Waals surface area contributed by atoms with Gasteiger partial charge in [-0.1, -0.05) is 29.8 Å². The molecule has 0 bridgehead atoms. The van der Waals surface area contributed by atoms with Crippen LogP contribution >= 0.6 is 0 Å². The lowest BCUT2D eigenvalue weighted by Crippen LogP contribution is -2.27. The zero-order chi connectivity index (χ0) is 19.8. The Bertz CT molecular complexity index is 967. The highest BCUT2D eigenvalue weighted by atomic mass is 32.2. The number of benzene rings is 1.